The Morgan fingerprint density at radius 3 is 2.41 bits per heavy atom. The van der Waals surface area contributed by atoms with E-state index in [2.05, 4.69) is 20.5 Å². The first-order valence-electron chi connectivity index (χ1n) is 10.7. The first-order valence-corrected chi connectivity index (χ1v) is 10.7. The molecular weight excluding hydrogens is 406 g/mol. The van der Waals surface area contributed by atoms with E-state index < -0.39 is 5.97 Å². The van der Waals surface area contributed by atoms with Crippen molar-refractivity contribution >= 4 is 17.6 Å². The number of nitrogens with zero attached hydrogens (tertiary/aromatic N) is 4. The number of piperidine rings is 1. The minimum absolute atomic E-state index is 0.0489. The minimum atomic E-state index is -0.495. The van der Waals surface area contributed by atoms with E-state index in [0.29, 0.717) is 0 Å². The Labute approximate surface area is 187 Å². The summed E-state index contributed by atoms with van der Waals surface area (Å²) >= 11 is 0. The molecule has 2 heterocycles. The summed E-state index contributed by atoms with van der Waals surface area (Å²) in [4.78, 5) is 27.2. The predicted molar refractivity (Wildman–Crippen MR) is 120 cm³/mol. The largest absolute Gasteiger partial charge is 0.464 e. The number of anilines is 1. The van der Waals surface area contributed by atoms with Crippen LogP contribution in [-0.2, 0) is 9.53 Å². The summed E-state index contributed by atoms with van der Waals surface area (Å²) in [5, 5.41) is 11.1. The molecule has 3 aromatic rings. The second-order valence-electron chi connectivity index (χ2n) is 8.01. The molecule has 0 saturated carbocycles. The SMILES string of the molecule is COC(=O)c1cn(C2CCN(C(C(=O)Nc3ccc(C)cc3)c3ccccc3)CC2)nn1. The van der Waals surface area contributed by atoms with Crippen molar-refractivity contribution in [2.75, 3.05) is 25.5 Å². The van der Waals surface area contributed by atoms with E-state index in [0.717, 1.165) is 42.7 Å². The van der Waals surface area contributed by atoms with E-state index in [1.54, 1.807) is 10.9 Å². The van der Waals surface area contributed by atoms with E-state index in [9.17, 15) is 9.59 Å². The van der Waals surface area contributed by atoms with Gasteiger partial charge in [-0.1, -0.05) is 53.2 Å². The van der Waals surface area contributed by atoms with Gasteiger partial charge in [0.15, 0.2) is 5.69 Å². The molecule has 1 saturated heterocycles. The average molecular weight is 434 g/mol. The number of ether oxygens (including phenoxy) is 1. The van der Waals surface area contributed by atoms with Crippen LogP contribution in [0.1, 0.15) is 46.5 Å². The number of aryl methyl sites for hydroxylation is 1. The molecule has 0 radical (unpaired) electrons. The Morgan fingerprint density at radius 2 is 1.75 bits per heavy atom. The molecule has 4 rings (SSSR count). The van der Waals surface area contributed by atoms with Crippen LogP contribution in [0.2, 0.25) is 0 Å². The standard InChI is InChI=1S/C24H27N5O3/c1-17-8-10-19(11-9-17)25-23(30)22(18-6-4-3-5-7-18)28-14-12-20(13-15-28)29-16-21(26-27-29)24(31)32-2/h3-11,16,20,22H,12-15H2,1-2H3,(H,25,30). The summed E-state index contributed by atoms with van der Waals surface area (Å²) in [6, 6.07) is 17.4. The lowest BCUT2D eigenvalue weighted by atomic mass is 9.98. The number of rotatable bonds is 6. The van der Waals surface area contributed by atoms with Crippen LogP contribution in [0.5, 0.6) is 0 Å². The van der Waals surface area contributed by atoms with Gasteiger partial charge >= 0.3 is 5.97 Å². The summed E-state index contributed by atoms with van der Waals surface area (Å²) in [5.41, 5.74) is 3.10. The third-order valence-corrected chi connectivity index (χ3v) is 5.83. The highest BCUT2D eigenvalue weighted by Gasteiger charge is 2.32. The molecule has 1 unspecified atom stereocenters. The molecule has 166 valence electrons. The topological polar surface area (TPSA) is 89.4 Å². The predicted octanol–water partition coefficient (Wildman–Crippen LogP) is 3.39. The number of aromatic nitrogens is 3. The fraction of sp³-hybridized carbons (Fsp3) is 0.333. The van der Waals surface area contributed by atoms with E-state index in [-0.39, 0.29) is 23.7 Å². The van der Waals surface area contributed by atoms with Crippen LogP contribution in [0.25, 0.3) is 0 Å². The lowest BCUT2D eigenvalue weighted by Crippen LogP contribution is -2.42. The van der Waals surface area contributed by atoms with Crippen LogP contribution < -0.4 is 5.32 Å². The third kappa shape index (κ3) is 4.86. The first-order chi connectivity index (χ1) is 15.5. The lowest BCUT2D eigenvalue weighted by Gasteiger charge is -2.37. The molecule has 1 fully saturated rings. The van der Waals surface area contributed by atoms with Gasteiger partial charge in [-0.25, -0.2) is 9.48 Å². The van der Waals surface area contributed by atoms with Crippen molar-refractivity contribution in [3.8, 4) is 0 Å². The van der Waals surface area contributed by atoms with Crippen molar-refractivity contribution < 1.29 is 14.3 Å². The van der Waals surface area contributed by atoms with E-state index in [1.807, 2.05) is 61.5 Å². The van der Waals surface area contributed by atoms with Crippen LogP contribution in [0.15, 0.2) is 60.8 Å². The number of hydrogen-bond acceptors (Lipinski definition) is 6. The molecule has 32 heavy (non-hydrogen) atoms. The van der Waals surface area contributed by atoms with Crippen LogP contribution in [0, 0.1) is 6.92 Å². The molecule has 1 aromatic heterocycles. The van der Waals surface area contributed by atoms with Gasteiger partial charge in [-0.15, -0.1) is 5.10 Å². The van der Waals surface area contributed by atoms with Crippen molar-refractivity contribution in [3.05, 3.63) is 77.6 Å². The molecule has 2 aromatic carbocycles. The maximum Gasteiger partial charge on any atom is 0.360 e. The van der Waals surface area contributed by atoms with Gasteiger partial charge in [-0.05, 0) is 37.5 Å². The average Bonchev–Trinajstić information content (AvgIpc) is 3.32. The summed E-state index contributed by atoms with van der Waals surface area (Å²) in [7, 11) is 1.32. The van der Waals surface area contributed by atoms with Gasteiger partial charge in [-0.3, -0.25) is 9.69 Å². The Bertz CT molecular complexity index is 1060. The number of carbonyl (C=O) groups is 2. The van der Waals surface area contributed by atoms with Crippen molar-refractivity contribution in [1.82, 2.24) is 19.9 Å². The van der Waals surface area contributed by atoms with E-state index >= 15 is 0 Å². The number of amides is 1. The maximum absolute atomic E-state index is 13.3. The van der Waals surface area contributed by atoms with Gasteiger partial charge in [-0.2, -0.15) is 0 Å². The molecule has 0 bridgehead atoms. The molecule has 1 amide bonds. The fourth-order valence-corrected chi connectivity index (χ4v) is 4.07. The van der Waals surface area contributed by atoms with Crippen LogP contribution in [0.4, 0.5) is 5.69 Å². The molecule has 8 nitrogen and oxygen atoms in total. The molecule has 1 atom stereocenters. The van der Waals surface area contributed by atoms with Gasteiger partial charge in [0, 0.05) is 18.8 Å². The number of hydrogen-bond donors (Lipinski definition) is 1. The van der Waals surface area contributed by atoms with Crippen molar-refractivity contribution in [2.45, 2.75) is 31.8 Å². The number of likely N-dealkylation sites (tertiary alicyclic amines) is 1. The summed E-state index contributed by atoms with van der Waals surface area (Å²) < 4.78 is 6.44. The summed E-state index contributed by atoms with van der Waals surface area (Å²) in [6.07, 6.45) is 3.22. The normalized spacial score (nSPS) is 15.8. The Balaban J connectivity index is 1.48. The molecular formula is C24H27N5O3. The second kappa shape index (κ2) is 9.74. The zero-order chi connectivity index (χ0) is 22.5. The van der Waals surface area contributed by atoms with E-state index in [4.69, 9.17) is 4.74 Å². The van der Waals surface area contributed by atoms with Crippen LogP contribution in [0.3, 0.4) is 0 Å². The molecule has 8 heteroatoms. The molecule has 1 aliphatic heterocycles. The van der Waals surface area contributed by atoms with Gasteiger partial charge < -0.3 is 10.1 Å². The van der Waals surface area contributed by atoms with Crippen LogP contribution in [-0.4, -0.2) is 52.0 Å². The van der Waals surface area contributed by atoms with Gasteiger partial charge in [0.2, 0.25) is 5.91 Å². The zero-order valence-corrected chi connectivity index (χ0v) is 18.3. The summed E-state index contributed by atoms with van der Waals surface area (Å²) in [5.74, 6) is -0.544. The number of carbonyl (C=O) groups excluding carboxylic acids is 2. The Hall–Kier alpha value is -3.52. The highest BCUT2D eigenvalue weighted by molar-refractivity contribution is 5.95. The van der Waals surface area contributed by atoms with Crippen LogP contribution >= 0.6 is 0 Å². The smallest absolute Gasteiger partial charge is 0.360 e. The van der Waals surface area contributed by atoms with Crippen molar-refractivity contribution in [2.24, 2.45) is 0 Å². The quantitative estimate of drug-likeness (QED) is 0.600. The second-order valence-corrected chi connectivity index (χ2v) is 8.01. The minimum Gasteiger partial charge on any atom is -0.464 e. The number of benzene rings is 2. The van der Waals surface area contributed by atoms with Crippen molar-refractivity contribution in [1.29, 1.82) is 0 Å². The highest BCUT2D eigenvalue weighted by Crippen LogP contribution is 2.30. The Kier molecular flexibility index (Phi) is 6.61. The fourth-order valence-electron chi connectivity index (χ4n) is 4.07. The summed E-state index contributed by atoms with van der Waals surface area (Å²) in [6.45, 7) is 3.46. The molecule has 1 N–H and O–H groups in total. The lowest BCUT2D eigenvalue weighted by molar-refractivity contribution is -0.122. The third-order valence-electron chi connectivity index (χ3n) is 5.83. The number of methoxy groups -OCH3 is 1. The first kappa shape index (κ1) is 21.7. The van der Waals surface area contributed by atoms with Gasteiger partial charge in [0.25, 0.3) is 0 Å². The van der Waals surface area contributed by atoms with Gasteiger partial charge in [0.1, 0.15) is 6.04 Å². The molecule has 0 spiro atoms. The molecule has 1 aliphatic rings. The number of nitrogens with one attached hydrogen (secondary N) is 1. The monoisotopic (exact) mass is 433 g/mol. The number of esters is 1. The zero-order valence-electron chi connectivity index (χ0n) is 18.3. The van der Waals surface area contributed by atoms with Gasteiger partial charge in [0.05, 0.1) is 19.3 Å². The Morgan fingerprint density at radius 1 is 1.06 bits per heavy atom. The maximum atomic E-state index is 13.3. The van der Waals surface area contributed by atoms with E-state index in [1.165, 1.54) is 7.11 Å². The highest BCUT2D eigenvalue weighted by atomic mass is 16.5. The van der Waals surface area contributed by atoms with Crippen molar-refractivity contribution in [3.63, 3.8) is 0 Å². The molecule has 0 aliphatic carbocycles.